The molecular weight excluding hydrogens is 1010 g/mol. The van der Waals surface area contributed by atoms with Crippen LogP contribution in [0.3, 0.4) is 0 Å². The number of hydrogen-bond donors (Lipinski definition) is 7. The summed E-state index contributed by atoms with van der Waals surface area (Å²) in [6.07, 6.45) is 2.89. The second-order valence-corrected chi connectivity index (χ2v) is 20.2. The van der Waals surface area contributed by atoms with Crippen molar-refractivity contribution in [2.24, 2.45) is 11.8 Å². The number of rotatable bonds is 21. The average Bonchev–Trinajstić information content (AvgIpc) is 3.39. The van der Waals surface area contributed by atoms with E-state index in [-0.39, 0.29) is 42.9 Å². The van der Waals surface area contributed by atoms with Gasteiger partial charge in [-0.25, -0.2) is 17.8 Å². The van der Waals surface area contributed by atoms with E-state index in [0.29, 0.717) is 63.0 Å². The first kappa shape index (κ1) is 76.7. The van der Waals surface area contributed by atoms with Crippen molar-refractivity contribution in [1.82, 2.24) is 14.5 Å². The zero-order chi connectivity index (χ0) is 58.4. The molecule has 0 saturated carbocycles. The summed E-state index contributed by atoms with van der Waals surface area (Å²) in [4.78, 5) is 34.1. The second-order valence-electron chi connectivity index (χ2n) is 16.5. The van der Waals surface area contributed by atoms with Crippen molar-refractivity contribution < 1.29 is 76.5 Å². The molecule has 1 amide bonds. The van der Waals surface area contributed by atoms with Gasteiger partial charge in [-0.2, -0.15) is 4.31 Å². The van der Waals surface area contributed by atoms with E-state index in [1.165, 1.54) is 35.7 Å². The van der Waals surface area contributed by atoms with Crippen molar-refractivity contribution in [2.45, 2.75) is 132 Å². The molecule has 0 spiro atoms. The summed E-state index contributed by atoms with van der Waals surface area (Å²) in [5.74, 6) is 2.38. The topological polar surface area (TPSA) is 271 Å². The van der Waals surface area contributed by atoms with Crippen LogP contribution in [-0.2, 0) is 41.8 Å². The third-order valence-corrected chi connectivity index (χ3v) is 12.1. The predicted molar refractivity (Wildman–Crippen MR) is 299 cm³/mol. The molecule has 434 valence electrons. The number of nitrogens with one attached hydrogen (secondary N) is 1. The number of allylic oxidation sites excluding steroid dienone is 1. The largest absolute Gasteiger partial charge is 0.505 e. The van der Waals surface area contributed by atoms with E-state index >= 15 is 0 Å². The van der Waals surface area contributed by atoms with Crippen molar-refractivity contribution >= 4 is 29.7 Å². The summed E-state index contributed by atoms with van der Waals surface area (Å²) in [5.41, 5.74) is 1.91. The number of carbonyl (C=O) groups excluding carboxylic acids is 1. The first-order chi connectivity index (χ1) is 35.6. The Morgan fingerprint density at radius 1 is 0.880 bits per heavy atom. The summed E-state index contributed by atoms with van der Waals surface area (Å²) in [6, 6.07) is 18.6. The monoisotopic (exact) mass is 1110 g/mol. The second kappa shape index (κ2) is 47.7. The minimum Gasteiger partial charge on any atom is -0.505 e. The molecule has 0 aliphatic carbocycles. The number of fused-ring (bicyclic) bond motifs is 1. The van der Waals surface area contributed by atoms with Gasteiger partial charge in [-0.1, -0.05) is 99.1 Å². The van der Waals surface area contributed by atoms with Crippen LogP contribution < -0.4 is 19.3 Å². The standard InChI is InChI=1S/C31H40N3O10PS.C5H10O2.C5H12O.C4H8O.C4H10.C2H6O.C2H6.CH4O/c1-3-16-34(46(40,41)28-13-11-25(42-2)12-14-28)21-30(35)29(32-31(36)37)20-33-17-15-23-18-27(10-9-24(23)19-33)43-22-45(38,39)44-26-7-5-4-6-8-26;1-3-5(6)7-4-2;1-3-5(2)4-6;1-3-4-5-2;1-4(2)3;1-2-3;2*1-2/h4-14,18,29-30,32,35H,3,15-17,19-22H2,1-2H3,(H,36,37)(H,38,39);3-4H2,1-2H3;5-6H,3-4H2,1-2H3;3-4H,1-2H3;4H,1-3H3;3H,2H2,1H3;1-2H3;2H,1H3/b;;;4-3+;;;;/t29-,30+;;5-;;;;;/m0.0...../s1. The van der Waals surface area contributed by atoms with Gasteiger partial charge in [0.25, 0.3) is 0 Å². The lowest BCUT2D eigenvalue weighted by Gasteiger charge is -2.35. The van der Waals surface area contributed by atoms with Gasteiger partial charge in [0.05, 0.1) is 44.1 Å². The number of carboxylic acid groups (broad SMARTS) is 1. The molecule has 19 nitrogen and oxygen atoms in total. The number of carbonyl (C=O) groups is 2. The molecule has 0 aromatic heterocycles. The van der Waals surface area contributed by atoms with Gasteiger partial charge in [0.1, 0.15) is 17.2 Å². The number of hydrogen-bond acceptors (Lipinski definition) is 15. The highest BCUT2D eigenvalue weighted by Crippen LogP contribution is 2.42. The summed E-state index contributed by atoms with van der Waals surface area (Å²) in [7, 11) is -3.93. The van der Waals surface area contributed by atoms with Crippen LogP contribution in [0.5, 0.6) is 17.2 Å². The first-order valence-electron chi connectivity index (χ1n) is 25.4. The predicted octanol–water partition coefficient (Wildman–Crippen LogP) is 9.20. The van der Waals surface area contributed by atoms with E-state index in [1.807, 2.05) is 51.7 Å². The van der Waals surface area contributed by atoms with Crippen LogP contribution in [-0.4, -0.2) is 146 Å². The van der Waals surface area contributed by atoms with Crippen LogP contribution in [0.15, 0.2) is 90.0 Å². The van der Waals surface area contributed by atoms with Crippen LogP contribution in [0.2, 0.25) is 0 Å². The molecule has 1 aliphatic heterocycles. The van der Waals surface area contributed by atoms with Crippen molar-refractivity contribution in [2.75, 3.05) is 73.7 Å². The number of aliphatic hydroxyl groups is 4. The van der Waals surface area contributed by atoms with E-state index < -0.39 is 42.2 Å². The molecule has 4 atom stereocenters. The zero-order valence-corrected chi connectivity index (χ0v) is 49.3. The average molecular weight is 1110 g/mol. The fraction of sp³-hybridized carbons (Fsp3) is 0.593. The van der Waals surface area contributed by atoms with Crippen LogP contribution in [0.1, 0.15) is 113 Å². The van der Waals surface area contributed by atoms with Crippen LogP contribution in [0.4, 0.5) is 4.79 Å². The Morgan fingerprint density at radius 3 is 1.85 bits per heavy atom. The normalized spacial score (nSPS) is 13.3. The van der Waals surface area contributed by atoms with Gasteiger partial charge in [0.15, 0.2) is 6.35 Å². The maximum atomic E-state index is 13.4. The van der Waals surface area contributed by atoms with Crippen molar-refractivity contribution in [3.8, 4) is 17.2 Å². The Labute approximate surface area is 450 Å². The lowest BCUT2D eigenvalue weighted by molar-refractivity contribution is -0.142. The molecule has 0 saturated heterocycles. The number of esters is 1. The third-order valence-electron chi connectivity index (χ3n) is 9.32. The molecule has 3 aromatic rings. The number of ether oxygens (including phenoxy) is 4. The highest BCUT2D eigenvalue weighted by atomic mass is 32.2. The highest BCUT2D eigenvalue weighted by molar-refractivity contribution is 7.89. The Balaban J connectivity index is -0.000000712. The van der Waals surface area contributed by atoms with Gasteiger partial charge in [-0.3, -0.25) is 9.69 Å². The third kappa shape index (κ3) is 38.4. The Bertz CT molecular complexity index is 2020. The molecule has 1 heterocycles. The van der Waals surface area contributed by atoms with E-state index in [0.717, 1.165) is 30.6 Å². The molecule has 75 heavy (non-hydrogen) atoms. The van der Waals surface area contributed by atoms with Crippen LogP contribution in [0.25, 0.3) is 0 Å². The van der Waals surface area contributed by atoms with Crippen molar-refractivity contribution in [1.29, 1.82) is 0 Å². The lowest BCUT2D eigenvalue weighted by Crippen LogP contribution is -2.54. The summed E-state index contributed by atoms with van der Waals surface area (Å²) in [6.45, 7) is 25.6. The summed E-state index contributed by atoms with van der Waals surface area (Å²) in [5, 5.41) is 46.0. The van der Waals surface area contributed by atoms with Gasteiger partial charge in [0.2, 0.25) is 10.0 Å². The Hall–Kier alpha value is -4.76. The van der Waals surface area contributed by atoms with Crippen LogP contribution >= 0.6 is 7.60 Å². The van der Waals surface area contributed by atoms with Gasteiger partial charge < -0.3 is 59.2 Å². The SMILES string of the molecule is C/C=C/OC.CC.CC(C)C.CCCN(C[C@@H](O)[C@H](CN1CCc2cc(OCP(=O)(O)Oc3ccccc3)ccc2C1)NC(=O)O)S(=O)(=O)c1ccc(OC)cc1.CCO.CCOC(=O)CC.CC[C@H](C)CO.CO. The molecular formula is C54H96N3O16PS. The fourth-order valence-electron chi connectivity index (χ4n) is 5.68. The molecule has 1 unspecified atom stereocenters. The van der Waals surface area contributed by atoms with Crippen molar-refractivity contribution in [3.63, 3.8) is 0 Å². The van der Waals surface area contributed by atoms with E-state index in [9.17, 15) is 37.7 Å². The van der Waals surface area contributed by atoms with E-state index in [2.05, 4.69) is 42.5 Å². The summed E-state index contributed by atoms with van der Waals surface area (Å²) < 4.78 is 65.4. The molecule has 3 aromatic carbocycles. The number of benzene rings is 3. The Kier molecular flexibility index (Phi) is 48.8. The number of amides is 1. The number of nitrogens with zero attached hydrogens (tertiary/aromatic N) is 2. The van der Waals surface area contributed by atoms with Crippen molar-refractivity contribution in [3.05, 3.63) is 96.3 Å². The minimum atomic E-state index is -4.06. The minimum absolute atomic E-state index is 0.0400. The lowest BCUT2D eigenvalue weighted by atomic mass is 9.98. The molecule has 0 radical (unpaired) electrons. The Morgan fingerprint density at radius 2 is 1.44 bits per heavy atom. The number of aliphatic hydroxyl groups excluding tert-OH is 4. The molecule has 4 rings (SSSR count). The van der Waals surface area contributed by atoms with Gasteiger partial charge in [-0.05, 0) is 105 Å². The smallest absolute Gasteiger partial charge is 0.413 e. The van der Waals surface area contributed by atoms with E-state index in [4.69, 9.17) is 29.3 Å². The summed E-state index contributed by atoms with van der Waals surface area (Å²) >= 11 is 0. The highest BCUT2D eigenvalue weighted by Gasteiger charge is 2.32. The van der Waals surface area contributed by atoms with Gasteiger partial charge >= 0.3 is 19.7 Å². The molecule has 0 fully saturated rings. The number of methoxy groups -OCH3 is 2. The first-order valence-corrected chi connectivity index (χ1v) is 28.6. The van der Waals surface area contributed by atoms with Crippen LogP contribution in [0, 0.1) is 11.8 Å². The number of para-hydroxylation sites is 1. The molecule has 7 N–H and O–H groups in total. The fourth-order valence-corrected chi connectivity index (χ4v) is 8.05. The molecule has 21 heteroatoms. The quantitative estimate of drug-likeness (QED) is 0.0297. The van der Waals surface area contributed by atoms with E-state index in [1.54, 1.807) is 76.6 Å². The molecule has 1 aliphatic rings. The molecule has 0 bridgehead atoms. The number of sulfonamides is 1. The maximum absolute atomic E-state index is 13.4. The maximum Gasteiger partial charge on any atom is 0.413 e. The van der Waals surface area contributed by atoms with Gasteiger partial charge in [-0.15, -0.1) is 0 Å². The zero-order valence-electron chi connectivity index (χ0n) is 47.6. The van der Waals surface area contributed by atoms with Gasteiger partial charge in [0, 0.05) is 59.5 Å².